The number of oxazole rings is 1. The molecule has 0 spiro atoms. The third kappa shape index (κ3) is 4.85. The number of halogens is 1. The Morgan fingerprint density at radius 2 is 2.19 bits per heavy atom. The predicted molar refractivity (Wildman–Crippen MR) is 98.7 cm³/mol. The van der Waals surface area contributed by atoms with Crippen LogP contribution >= 0.6 is 11.6 Å². The Hall–Kier alpha value is -2.34. The van der Waals surface area contributed by atoms with E-state index in [1.807, 2.05) is 23.1 Å². The number of hydrogen-bond donors (Lipinski definition) is 1. The molecule has 0 atom stereocenters. The monoisotopic (exact) mass is 375 g/mol. The van der Waals surface area contributed by atoms with Crippen LogP contribution in [0.2, 0.25) is 5.02 Å². The summed E-state index contributed by atoms with van der Waals surface area (Å²) in [5.74, 6) is 1.28. The molecule has 138 valence electrons. The lowest BCUT2D eigenvalue weighted by Crippen LogP contribution is -2.30. The highest BCUT2D eigenvalue weighted by Gasteiger charge is 2.19. The van der Waals surface area contributed by atoms with E-state index in [2.05, 4.69) is 10.3 Å². The summed E-state index contributed by atoms with van der Waals surface area (Å²) >= 11 is 6.15. The Morgan fingerprint density at radius 1 is 1.35 bits per heavy atom. The van der Waals surface area contributed by atoms with Crippen molar-refractivity contribution in [2.45, 2.75) is 32.1 Å². The number of aromatic nitrogens is 1. The zero-order valence-electron chi connectivity index (χ0n) is 14.5. The number of rotatable bonds is 8. The number of aryl methyl sites for hydroxylation is 1. The van der Waals surface area contributed by atoms with Gasteiger partial charge in [-0.15, -0.1) is 0 Å². The summed E-state index contributed by atoms with van der Waals surface area (Å²) in [7, 11) is 0. The Bertz CT molecular complexity index is 775. The summed E-state index contributed by atoms with van der Waals surface area (Å²) in [6.45, 7) is 2.11. The van der Waals surface area contributed by atoms with E-state index in [-0.39, 0.29) is 11.8 Å². The van der Waals surface area contributed by atoms with Gasteiger partial charge in [-0.1, -0.05) is 23.7 Å². The van der Waals surface area contributed by atoms with Crippen molar-refractivity contribution in [1.29, 1.82) is 0 Å². The fourth-order valence-corrected chi connectivity index (χ4v) is 3.19. The van der Waals surface area contributed by atoms with E-state index in [4.69, 9.17) is 16.0 Å². The molecule has 1 aromatic carbocycles. The van der Waals surface area contributed by atoms with Crippen molar-refractivity contribution in [1.82, 2.24) is 15.2 Å². The number of carbonyl (C=O) groups excluding carboxylic acids is 2. The van der Waals surface area contributed by atoms with E-state index in [0.717, 1.165) is 24.9 Å². The number of carbonyl (C=O) groups is 2. The molecule has 1 saturated heterocycles. The van der Waals surface area contributed by atoms with Gasteiger partial charge in [0.15, 0.2) is 11.7 Å². The molecule has 2 heterocycles. The van der Waals surface area contributed by atoms with E-state index in [1.54, 1.807) is 12.3 Å². The van der Waals surface area contributed by atoms with Gasteiger partial charge in [-0.05, 0) is 25.0 Å². The summed E-state index contributed by atoms with van der Waals surface area (Å²) in [6, 6.07) is 7.40. The van der Waals surface area contributed by atoms with E-state index < -0.39 is 0 Å². The highest BCUT2D eigenvalue weighted by molar-refractivity contribution is 6.33. The topological polar surface area (TPSA) is 75.4 Å². The van der Waals surface area contributed by atoms with Gasteiger partial charge in [0.2, 0.25) is 11.8 Å². The maximum atomic E-state index is 11.9. The highest BCUT2D eigenvalue weighted by Crippen LogP contribution is 2.28. The molecule has 0 unspecified atom stereocenters. The third-order valence-electron chi connectivity index (χ3n) is 4.36. The lowest BCUT2D eigenvalue weighted by atomic mass is 10.2. The standard InChI is InChI=1S/C19H22ClN3O3/c20-15-6-2-1-5-14(15)16-13-22-18(26-16)9-8-17(24)21-10-4-12-23-11-3-7-19(23)25/h1-2,5-6,13H,3-4,7-12H2,(H,21,24). The molecule has 0 saturated carbocycles. The molecule has 0 aliphatic carbocycles. The number of likely N-dealkylation sites (tertiary alicyclic amines) is 1. The Morgan fingerprint density at radius 3 is 2.96 bits per heavy atom. The van der Waals surface area contributed by atoms with Crippen molar-refractivity contribution in [2.75, 3.05) is 19.6 Å². The molecule has 6 nitrogen and oxygen atoms in total. The van der Waals surface area contributed by atoms with Gasteiger partial charge in [0.1, 0.15) is 0 Å². The summed E-state index contributed by atoms with van der Waals surface area (Å²) in [5, 5.41) is 3.47. The van der Waals surface area contributed by atoms with Gasteiger partial charge in [0.05, 0.1) is 11.2 Å². The zero-order chi connectivity index (χ0) is 18.4. The molecule has 2 aromatic rings. The van der Waals surface area contributed by atoms with Crippen molar-refractivity contribution in [3.8, 4) is 11.3 Å². The molecular weight excluding hydrogens is 354 g/mol. The fraction of sp³-hybridized carbons (Fsp3) is 0.421. The van der Waals surface area contributed by atoms with Crippen LogP contribution in [0.1, 0.15) is 31.6 Å². The smallest absolute Gasteiger partial charge is 0.222 e. The molecule has 1 N–H and O–H groups in total. The van der Waals surface area contributed by atoms with Crippen LogP contribution in [0.4, 0.5) is 0 Å². The van der Waals surface area contributed by atoms with Gasteiger partial charge in [-0.2, -0.15) is 0 Å². The largest absolute Gasteiger partial charge is 0.441 e. The summed E-state index contributed by atoms with van der Waals surface area (Å²) < 4.78 is 5.69. The first-order valence-electron chi connectivity index (χ1n) is 8.87. The second-order valence-corrected chi connectivity index (χ2v) is 6.69. The average Bonchev–Trinajstić information content (AvgIpc) is 3.26. The maximum absolute atomic E-state index is 11.9. The minimum Gasteiger partial charge on any atom is -0.441 e. The maximum Gasteiger partial charge on any atom is 0.222 e. The van der Waals surface area contributed by atoms with Crippen LogP contribution in [-0.4, -0.2) is 41.3 Å². The van der Waals surface area contributed by atoms with Crippen LogP contribution in [0.5, 0.6) is 0 Å². The summed E-state index contributed by atoms with van der Waals surface area (Å²) in [4.78, 5) is 29.5. The Labute approximate surface area is 157 Å². The van der Waals surface area contributed by atoms with E-state index in [1.165, 1.54) is 0 Å². The second kappa shape index (κ2) is 8.85. The van der Waals surface area contributed by atoms with Gasteiger partial charge < -0.3 is 14.6 Å². The molecule has 3 rings (SSSR count). The van der Waals surface area contributed by atoms with Crippen LogP contribution in [0.25, 0.3) is 11.3 Å². The molecule has 1 aromatic heterocycles. The molecule has 1 fully saturated rings. The van der Waals surface area contributed by atoms with E-state index in [9.17, 15) is 9.59 Å². The minimum absolute atomic E-state index is 0.0461. The summed E-state index contributed by atoms with van der Waals surface area (Å²) in [5.41, 5.74) is 0.786. The quantitative estimate of drug-likeness (QED) is 0.719. The number of amides is 2. The van der Waals surface area contributed by atoms with E-state index >= 15 is 0 Å². The Kier molecular flexibility index (Phi) is 6.28. The molecule has 0 radical (unpaired) electrons. The molecule has 0 bridgehead atoms. The molecule has 2 amide bonds. The fourth-order valence-electron chi connectivity index (χ4n) is 2.96. The van der Waals surface area contributed by atoms with Crippen LogP contribution in [0.3, 0.4) is 0 Å². The first-order valence-corrected chi connectivity index (χ1v) is 9.25. The molecular formula is C19H22ClN3O3. The van der Waals surface area contributed by atoms with Crippen LogP contribution < -0.4 is 5.32 Å². The van der Waals surface area contributed by atoms with Crippen LogP contribution in [-0.2, 0) is 16.0 Å². The average molecular weight is 376 g/mol. The van der Waals surface area contributed by atoms with Gasteiger partial charge in [0.25, 0.3) is 0 Å². The number of benzene rings is 1. The van der Waals surface area contributed by atoms with E-state index in [0.29, 0.717) is 49.0 Å². The van der Waals surface area contributed by atoms with Crippen LogP contribution in [0.15, 0.2) is 34.9 Å². The highest BCUT2D eigenvalue weighted by atomic mass is 35.5. The van der Waals surface area contributed by atoms with Crippen molar-refractivity contribution < 1.29 is 14.0 Å². The third-order valence-corrected chi connectivity index (χ3v) is 4.69. The van der Waals surface area contributed by atoms with Crippen LogP contribution in [0, 0.1) is 0 Å². The number of hydrogen-bond acceptors (Lipinski definition) is 4. The van der Waals surface area contributed by atoms with Gasteiger partial charge in [-0.25, -0.2) is 4.98 Å². The molecule has 26 heavy (non-hydrogen) atoms. The zero-order valence-corrected chi connectivity index (χ0v) is 15.3. The summed E-state index contributed by atoms with van der Waals surface area (Å²) in [6.07, 6.45) is 4.73. The van der Waals surface area contributed by atoms with Gasteiger partial charge in [0, 0.05) is 44.5 Å². The van der Waals surface area contributed by atoms with Gasteiger partial charge in [-0.3, -0.25) is 9.59 Å². The second-order valence-electron chi connectivity index (χ2n) is 6.29. The lowest BCUT2D eigenvalue weighted by molar-refractivity contribution is -0.127. The molecule has 7 heteroatoms. The number of nitrogens with one attached hydrogen (secondary N) is 1. The molecule has 1 aliphatic heterocycles. The number of nitrogens with zero attached hydrogens (tertiary/aromatic N) is 2. The SMILES string of the molecule is O=C(CCc1ncc(-c2ccccc2Cl)o1)NCCCN1CCCC1=O. The molecule has 1 aliphatic rings. The van der Waals surface area contributed by atoms with Crippen molar-refractivity contribution in [3.05, 3.63) is 41.4 Å². The van der Waals surface area contributed by atoms with Crippen molar-refractivity contribution in [3.63, 3.8) is 0 Å². The first kappa shape index (κ1) is 18.5. The Balaban J connectivity index is 1.38. The van der Waals surface area contributed by atoms with Crippen molar-refractivity contribution >= 4 is 23.4 Å². The lowest BCUT2D eigenvalue weighted by Gasteiger charge is -2.15. The predicted octanol–water partition coefficient (Wildman–Crippen LogP) is 3.06. The normalized spacial score (nSPS) is 14.0. The minimum atomic E-state index is -0.0461. The van der Waals surface area contributed by atoms with Crippen molar-refractivity contribution in [2.24, 2.45) is 0 Å². The first-order chi connectivity index (χ1) is 12.6. The van der Waals surface area contributed by atoms with Gasteiger partial charge >= 0.3 is 0 Å².